The molecule has 1 amide bonds. The van der Waals surface area contributed by atoms with Crippen LogP contribution in [0.25, 0.3) is 11.0 Å². The van der Waals surface area contributed by atoms with E-state index in [9.17, 15) is 4.79 Å². The van der Waals surface area contributed by atoms with Gasteiger partial charge >= 0.3 is 0 Å². The number of likely N-dealkylation sites (tertiary alicyclic amines) is 1. The lowest BCUT2D eigenvalue weighted by molar-refractivity contribution is 0.0730. The molecule has 1 N–H and O–H groups in total. The summed E-state index contributed by atoms with van der Waals surface area (Å²) >= 11 is 1.60. The van der Waals surface area contributed by atoms with Gasteiger partial charge in [0.05, 0.1) is 27.8 Å². The van der Waals surface area contributed by atoms with Crippen LogP contribution in [-0.2, 0) is 6.61 Å². The summed E-state index contributed by atoms with van der Waals surface area (Å²) in [5.41, 5.74) is 3.46. The Morgan fingerprint density at radius 3 is 2.97 bits per heavy atom. The van der Waals surface area contributed by atoms with Gasteiger partial charge in [0.2, 0.25) is 0 Å². The van der Waals surface area contributed by atoms with Crippen molar-refractivity contribution >= 4 is 28.3 Å². The average Bonchev–Trinajstić information content (AvgIpc) is 3.50. The van der Waals surface area contributed by atoms with Gasteiger partial charge in [-0.1, -0.05) is 18.2 Å². The highest BCUT2D eigenvalue weighted by Crippen LogP contribution is 2.33. The topological polar surface area (TPSA) is 71.1 Å². The molecule has 1 aliphatic rings. The average molecular weight is 419 g/mol. The van der Waals surface area contributed by atoms with Crippen LogP contribution in [0.1, 0.15) is 45.8 Å². The minimum absolute atomic E-state index is 0.00732. The van der Waals surface area contributed by atoms with Gasteiger partial charge in [-0.3, -0.25) is 4.79 Å². The molecule has 0 spiro atoms. The normalized spacial score (nSPS) is 16.3. The number of nitrogens with one attached hydrogen (secondary N) is 1. The maximum absolute atomic E-state index is 13.3. The second kappa shape index (κ2) is 7.91. The number of fused-ring (bicyclic) bond motifs is 1. The fourth-order valence-corrected chi connectivity index (χ4v) is 4.54. The number of nitrogens with zero attached hydrogens (tertiary/aromatic N) is 3. The van der Waals surface area contributed by atoms with E-state index in [1.807, 2.05) is 65.7 Å². The van der Waals surface area contributed by atoms with Gasteiger partial charge in [0, 0.05) is 17.5 Å². The van der Waals surface area contributed by atoms with E-state index in [0.717, 1.165) is 46.9 Å². The number of carbonyl (C=O) groups excluding carboxylic acids is 1. The molecule has 0 aliphatic carbocycles. The highest BCUT2D eigenvalue weighted by atomic mass is 32.1. The second-order valence-corrected chi connectivity index (χ2v) is 8.53. The van der Waals surface area contributed by atoms with E-state index in [-0.39, 0.29) is 11.9 Å². The molecule has 0 radical (unpaired) electrons. The fraction of sp³-hybridized carbons (Fsp3) is 0.261. The van der Waals surface area contributed by atoms with Crippen LogP contribution in [0.5, 0.6) is 5.75 Å². The molecule has 1 aliphatic heterocycles. The molecule has 152 valence electrons. The SMILES string of the molecule is Cc1nc(COc2cccc(C(=O)N3CCC[C@@H]3c3nc4ccccc4[nH]3)c2)cs1. The van der Waals surface area contributed by atoms with Gasteiger partial charge in [0.15, 0.2) is 0 Å². The predicted octanol–water partition coefficient (Wildman–Crippen LogP) is 4.88. The third-order valence-electron chi connectivity index (χ3n) is 5.37. The third kappa shape index (κ3) is 3.68. The van der Waals surface area contributed by atoms with Crippen molar-refractivity contribution in [2.24, 2.45) is 0 Å². The van der Waals surface area contributed by atoms with E-state index in [1.165, 1.54) is 0 Å². The molecule has 6 nitrogen and oxygen atoms in total. The molecule has 1 fully saturated rings. The van der Waals surface area contributed by atoms with Crippen molar-refractivity contribution in [2.45, 2.75) is 32.4 Å². The second-order valence-electron chi connectivity index (χ2n) is 7.47. The van der Waals surface area contributed by atoms with Crippen molar-refractivity contribution in [3.05, 3.63) is 76.0 Å². The highest BCUT2D eigenvalue weighted by Gasteiger charge is 2.32. The fourth-order valence-electron chi connectivity index (χ4n) is 3.94. The van der Waals surface area contributed by atoms with Gasteiger partial charge < -0.3 is 14.6 Å². The number of aryl methyl sites for hydroxylation is 1. The lowest BCUT2D eigenvalue weighted by Gasteiger charge is -2.23. The summed E-state index contributed by atoms with van der Waals surface area (Å²) in [4.78, 5) is 27.7. The number of hydrogen-bond donors (Lipinski definition) is 1. The van der Waals surface area contributed by atoms with E-state index in [4.69, 9.17) is 9.72 Å². The number of carbonyl (C=O) groups is 1. The summed E-state index contributed by atoms with van der Waals surface area (Å²) in [6.07, 6.45) is 1.87. The zero-order valence-corrected chi connectivity index (χ0v) is 17.5. The maximum Gasteiger partial charge on any atom is 0.254 e. The summed E-state index contributed by atoms with van der Waals surface area (Å²) in [5, 5.41) is 3.01. The molecule has 5 rings (SSSR count). The summed E-state index contributed by atoms with van der Waals surface area (Å²) in [7, 11) is 0. The monoisotopic (exact) mass is 418 g/mol. The number of ether oxygens (including phenoxy) is 1. The Hall–Kier alpha value is -3.19. The Kier molecular flexibility index (Phi) is 4.96. The third-order valence-corrected chi connectivity index (χ3v) is 6.19. The lowest BCUT2D eigenvalue weighted by Crippen LogP contribution is -2.31. The zero-order chi connectivity index (χ0) is 20.5. The number of benzene rings is 2. The van der Waals surface area contributed by atoms with E-state index >= 15 is 0 Å². The Morgan fingerprint density at radius 2 is 2.13 bits per heavy atom. The minimum atomic E-state index is -0.0348. The number of rotatable bonds is 5. The number of amides is 1. The Bertz CT molecular complexity index is 1170. The van der Waals surface area contributed by atoms with E-state index < -0.39 is 0 Å². The van der Waals surface area contributed by atoms with E-state index in [1.54, 1.807) is 11.3 Å². The summed E-state index contributed by atoms with van der Waals surface area (Å²) in [6, 6.07) is 15.3. The number of aromatic nitrogens is 3. The smallest absolute Gasteiger partial charge is 0.254 e. The van der Waals surface area contributed by atoms with Crippen LogP contribution >= 0.6 is 11.3 Å². The molecule has 0 bridgehead atoms. The highest BCUT2D eigenvalue weighted by molar-refractivity contribution is 7.09. The molecular weight excluding hydrogens is 396 g/mol. The Morgan fingerprint density at radius 1 is 1.23 bits per heavy atom. The van der Waals surface area contributed by atoms with Crippen molar-refractivity contribution in [1.82, 2.24) is 19.9 Å². The van der Waals surface area contributed by atoms with Gasteiger partial charge in [-0.2, -0.15) is 0 Å². The summed E-state index contributed by atoms with van der Waals surface area (Å²) in [6.45, 7) is 3.10. The molecule has 4 aromatic rings. The first kappa shape index (κ1) is 18.8. The Balaban J connectivity index is 1.34. The van der Waals surface area contributed by atoms with Crippen molar-refractivity contribution in [1.29, 1.82) is 0 Å². The quantitative estimate of drug-likeness (QED) is 0.501. The van der Waals surface area contributed by atoms with Gasteiger partial charge in [0.1, 0.15) is 18.2 Å². The molecular formula is C23H22N4O2S. The van der Waals surface area contributed by atoms with Crippen LogP contribution in [0.3, 0.4) is 0 Å². The van der Waals surface area contributed by atoms with Gasteiger partial charge in [-0.15, -0.1) is 11.3 Å². The molecule has 7 heteroatoms. The zero-order valence-electron chi connectivity index (χ0n) is 16.7. The molecule has 0 unspecified atom stereocenters. The first-order chi connectivity index (χ1) is 14.7. The summed E-state index contributed by atoms with van der Waals surface area (Å²) < 4.78 is 5.87. The lowest BCUT2D eigenvalue weighted by atomic mass is 10.1. The van der Waals surface area contributed by atoms with Crippen LogP contribution in [0.2, 0.25) is 0 Å². The number of thiazole rings is 1. The van der Waals surface area contributed by atoms with Crippen LogP contribution in [0.4, 0.5) is 0 Å². The first-order valence-corrected chi connectivity index (χ1v) is 10.9. The molecule has 0 saturated carbocycles. The number of H-pyrrole nitrogens is 1. The van der Waals surface area contributed by atoms with Gasteiger partial charge in [-0.25, -0.2) is 9.97 Å². The predicted molar refractivity (Wildman–Crippen MR) is 117 cm³/mol. The Labute approximate surface area is 178 Å². The molecule has 1 saturated heterocycles. The van der Waals surface area contributed by atoms with Crippen molar-refractivity contribution in [2.75, 3.05) is 6.54 Å². The van der Waals surface area contributed by atoms with Gasteiger partial charge in [0.25, 0.3) is 5.91 Å². The van der Waals surface area contributed by atoms with Crippen LogP contribution in [0, 0.1) is 6.92 Å². The standard InChI is InChI=1S/C23H22N4O2S/c1-15-24-17(14-30-15)13-29-18-7-4-6-16(12-18)23(28)27-11-5-10-21(27)22-25-19-8-2-3-9-20(19)26-22/h2-4,6-9,12,14,21H,5,10-11,13H2,1H3,(H,25,26)/t21-/m1/s1. The van der Waals surface area contributed by atoms with Crippen molar-refractivity contribution in [3.8, 4) is 5.75 Å². The van der Waals surface area contributed by atoms with Gasteiger partial charge in [-0.05, 0) is 50.1 Å². The number of para-hydroxylation sites is 2. The largest absolute Gasteiger partial charge is 0.487 e. The maximum atomic E-state index is 13.3. The van der Waals surface area contributed by atoms with Crippen molar-refractivity contribution in [3.63, 3.8) is 0 Å². The first-order valence-electron chi connectivity index (χ1n) is 10.1. The minimum Gasteiger partial charge on any atom is -0.487 e. The molecule has 3 heterocycles. The van der Waals surface area contributed by atoms with Crippen LogP contribution < -0.4 is 4.74 Å². The number of aromatic amines is 1. The molecule has 2 aromatic carbocycles. The van der Waals surface area contributed by atoms with E-state index in [0.29, 0.717) is 17.9 Å². The number of hydrogen-bond acceptors (Lipinski definition) is 5. The van der Waals surface area contributed by atoms with Crippen molar-refractivity contribution < 1.29 is 9.53 Å². The molecule has 2 aromatic heterocycles. The number of imidazole rings is 1. The summed E-state index contributed by atoms with van der Waals surface area (Å²) in [5.74, 6) is 1.53. The van der Waals surface area contributed by atoms with Crippen LogP contribution in [0.15, 0.2) is 53.9 Å². The molecule has 1 atom stereocenters. The van der Waals surface area contributed by atoms with Crippen LogP contribution in [-0.4, -0.2) is 32.3 Å². The van der Waals surface area contributed by atoms with E-state index in [2.05, 4.69) is 9.97 Å². The molecule has 30 heavy (non-hydrogen) atoms.